The van der Waals surface area contributed by atoms with Crippen molar-refractivity contribution < 1.29 is 14.3 Å². The van der Waals surface area contributed by atoms with Crippen LogP contribution < -0.4 is 0 Å². The summed E-state index contributed by atoms with van der Waals surface area (Å²) in [6, 6.07) is 9.81. The van der Waals surface area contributed by atoms with Gasteiger partial charge in [0.25, 0.3) is 0 Å². The molecule has 0 saturated heterocycles. The summed E-state index contributed by atoms with van der Waals surface area (Å²) in [5.41, 5.74) is 1.25. The van der Waals surface area contributed by atoms with Crippen molar-refractivity contribution in [1.29, 1.82) is 0 Å². The van der Waals surface area contributed by atoms with Gasteiger partial charge < -0.3 is 4.74 Å². The predicted octanol–water partition coefficient (Wildman–Crippen LogP) is 3.22. The van der Waals surface area contributed by atoms with E-state index < -0.39 is 0 Å². The number of carbonyl (C=O) groups is 2. The highest BCUT2D eigenvalue weighted by Gasteiger charge is 2.29. The van der Waals surface area contributed by atoms with Crippen LogP contribution in [0.4, 0.5) is 0 Å². The second-order valence-electron chi connectivity index (χ2n) is 4.48. The van der Waals surface area contributed by atoms with Gasteiger partial charge in [-0.3, -0.25) is 9.59 Å². The number of ketones is 2. The summed E-state index contributed by atoms with van der Waals surface area (Å²) < 4.78 is 5.72. The number of carbonyl (C=O) groups excluding carboxylic acids is 2. The molecule has 3 nitrogen and oxygen atoms in total. The van der Waals surface area contributed by atoms with Gasteiger partial charge in [-0.1, -0.05) is 48.2 Å². The average molecular weight is 288 g/mol. The fourth-order valence-electron chi connectivity index (χ4n) is 2.02. The summed E-state index contributed by atoms with van der Waals surface area (Å²) in [7, 11) is 0. The minimum absolute atomic E-state index is 0.143. The zero-order chi connectivity index (χ0) is 14.5. The Bertz CT molecular complexity index is 573. The van der Waals surface area contributed by atoms with Gasteiger partial charge in [0, 0.05) is 0 Å². The molecule has 1 atom stereocenters. The molecular weight excluding hydrogens is 272 g/mol. The molecule has 1 aliphatic heterocycles. The van der Waals surface area contributed by atoms with E-state index in [0.29, 0.717) is 5.09 Å². The number of ether oxygens (including phenoxy) is 1. The molecule has 0 spiro atoms. The normalized spacial score (nSPS) is 19.3. The molecule has 1 aromatic carbocycles. The Morgan fingerprint density at radius 3 is 2.65 bits per heavy atom. The van der Waals surface area contributed by atoms with Gasteiger partial charge in [-0.15, -0.1) is 0 Å². The maximum atomic E-state index is 12.0. The smallest absolute Gasteiger partial charge is 0.174 e. The maximum absolute atomic E-state index is 12.0. The van der Waals surface area contributed by atoms with Crippen LogP contribution in [0.5, 0.6) is 0 Å². The summed E-state index contributed by atoms with van der Waals surface area (Å²) >= 11 is 1.29. The number of thioether (sulfide) groups is 1. The zero-order valence-corrected chi connectivity index (χ0v) is 12.3. The second kappa shape index (κ2) is 6.57. The highest BCUT2D eigenvalue weighted by Crippen LogP contribution is 2.29. The molecule has 1 unspecified atom stereocenters. The van der Waals surface area contributed by atoms with Gasteiger partial charge in [-0.2, -0.15) is 0 Å². The standard InChI is InChI=1S/C16H16O3S/c1-11(17)15-14(18)10-13(19-16(15)20-2)9-8-12-6-4-3-5-7-12/h3-9,13H,10H2,1-2H3/b9-8+. The zero-order valence-electron chi connectivity index (χ0n) is 11.5. The van der Waals surface area contributed by atoms with Crippen LogP contribution in [-0.2, 0) is 14.3 Å². The number of hydrogen-bond donors (Lipinski definition) is 0. The molecule has 0 fully saturated rings. The summed E-state index contributed by atoms with van der Waals surface area (Å²) in [6.07, 6.45) is 5.49. The monoisotopic (exact) mass is 288 g/mol. The number of hydrogen-bond acceptors (Lipinski definition) is 4. The van der Waals surface area contributed by atoms with Crippen LogP contribution >= 0.6 is 11.8 Å². The van der Waals surface area contributed by atoms with Crippen LogP contribution in [0.25, 0.3) is 6.08 Å². The SMILES string of the molecule is CSC1=C(C(C)=O)C(=O)CC(/C=C/c2ccccc2)O1. The molecule has 104 valence electrons. The van der Waals surface area contributed by atoms with E-state index in [-0.39, 0.29) is 29.7 Å². The van der Waals surface area contributed by atoms with Gasteiger partial charge in [0.2, 0.25) is 0 Å². The van der Waals surface area contributed by atoms with E-state index in [0.717, 1.165) is 5.56 Å². The summed E-state index contributed by atoms with van der Waals surface area (Å²) in [5.74, 6) is -0.374. The average Bonchev–Trinajstić information content (AvgIpc) is 2.45. The molecule has 0 amide bonds. The molecule has 1 heterocycles. The molecule has 4 heteroatoms. The Balaban J connectivity index is 2.16. The fourth-order valence-corrected chi connectivity index (χ4v) is 2.70. The van der Waals surface area contributed by atoms with Crippen molar-refractivity contribution in [3.05, 3.63) is 52.6 Å². The fraction of sp³-hybridized carbons (Fsp3) is 0.250. The lowest BCUT2D eigenvalue weighted by molar-refractivity contribution is -0.123. The molecule has 0 bridgehead atoms. The molecule has 20 heavy (non-hydrogen) atoms. The van der Waals surface area contributed by atoms with Gasteiger partial charge in [-0.25, -0.2) is 0 Å². The van der Waals surface area contributed by atoms with E-state index in [1.165, 1.54) is 18.7 Å². The molecule has 1 aromatic rings. The van der Waals surface area contributed by atoms with Crippen LogP contribution in [-0.4, -0.2) is 23.9 Å². The third kappa shape index (κ3) is 3.39. The van der Waals surface area contributed by atoms with E-state index in [1.807, 2.05) is 42.5 Å². The lowest BCUT2D eigenvalue weighted by Crippen LogP contribution is -2.26. The number of Topliss-reactive ketones (excluding diaryl/α,β-unsaturated/α-hetero) is 2. The largest absolute Gasteiger partial charge is 0.479 e. The summed E-state index contributed by atoms with van der Waals surface area (Å²) in [6.45, 7) is 1.40. The molecular formula is C16H16O3S. The first kappa shape index (κ1) is 14.6. The predicted molar refractivity (Wildman–Crippen MR) is 81.2 cm³/mol. The van der Waals surface area contributed by atoms with Gasteiger partial charge in [0.05, 0.1) is 6.42 Å². The molecule has 0 N–H and O–H groups in total. The topological polar surface area (TPSA) is 43.4 Å². The lowest BCUT2D eigenvalue weighted by atomic mass is 10.0. The summed E-state index contributed by atoms with van der Waals surface area (Å²) in [4.78, 5) is 23.5. The van der Waals surface area contributed by atoms with E-state index in [1.54, 1.807) is 6.26 Å². The number of allylic oxidation sites excluding steroid dienone is 1. The number of benzene rings is 1. The van der Waals surface area contributed by atoms with Crippen molar-refractivity contribution in [3.63, 3.8) is 0 Å². The number of rotatable bonds is 4. The van der Waals surface area contributed by atoms with Crippen molar-refractivity contribution in [1.82, 2.24) is 0 Å². The first-order valence-corrected chi connectivity index (χ1v) is 7.56. The summed E-state index contributed by atoms with van der Waals surface area (Å²) in [5, 5.41) is 0.427. The molecule has 0 radical (unpaired) electrons. The van der Waals surface area contributed by atoms with Crippen LogP contribution in [0, 0.1) is 0 Å². The highest BCUT2D eigenvalue weighted by molar-refractivity contribution is 8.02. The van der Waals surface area contributed by atoms with Gasteiger partial charge in [0.1, 0.15) is 11.7 Å². The first-order valence-electron chi connectivity index (χ1n) is 6.34. The van der Waals surface area contributed by atoms with Gasteiger partial charge in [0.15, 0.2) is 16.7 Å². The second-order valence-corrected chi connectivity index (χ2v) is 5.26. The molecule has 1 aliphatic rings. The van der Waals surface area contributed by atoms with Gasteiger partial charge in [-0.05, 0) is 24.8 Å². The molecule has 0 aromatic heterocycles. The molecule has 0 saturated carbocycles. The van der Waals surface area contributed by atoms with Crippen LogP contribution in [0.15, 0.2) is 47.1 Å². The van der Waals surface area contributed by atoms with Crippen molar-refractivity contribution >= 4 is 29.4 Å². The van der Waals surface area contributed by atoms with E-state index >= 15 is 0 Å². The van der Waals surface area contributed by atoms with E-state index in [2.05, 4.69) is 0 Å². The Kier molecular flexibility index (Phi) is 4.79. The maximum Gasteiger partial charge on any atom is 0.174 e. The van der Waals surface area contributed by atoms with E-state index in [4.69, 9.17) is 4.74 Å². The van der Waals surface area contributed by atoms with Crippen molar-refractivity contribution in [2.75, 3.05) is 6.26 Å². The Morgan fingerprint density at radius 1 is 1.35 bits per heavy atom. The lowest BCUT2D eigenvalue weighted by Gasteiger charge is -2.23. The Labute approximate surface area is 122 Å². The quantitative estimate of drug-likeness (QED) is 0.798. The molecule has 2 rings (SSSR count). The van der Waals surface area contributed by atoms with Crippen molar-refractivity contribution in [2.24, 2.45) is 0 Å². The minimum Gasteiger partial charge on any atom is -0.479 e. The van der Waals surface area contributed by atoms with Crippen molar-refractivity contribution in [2.45, 2.75) is 19.4 Å². The third-order valence-electron chi connectivity index (χ3n) is 2.97. The van der Waals surface area contributed by atoms with Crippen LogP contribution in [0.1, 0.15) is 18.9 Å². The van der Waals surface area contributed by atoms with Crippen molar-refractivity contribution in [3.8, 4) is 0 Å². The Morgan fingerprint density at radius 2 is 2.05 bits per heavy atom. The highest BCUT2D eigenvalue weighted by atomic mass is 32.2. The first-order chi connectivity index (χ1) is 9.61. The Hall–Kier alpha value is -1.81. The van der Waals surface area contributed by atoms with E-state index in [9.17, 15) is 9.59 Å². The van der Waals surface area contributed by atoms with Crippen LogP contribution in [0.3, 0.4) is 0 Å². The van der Waals surface area contributed by atoms with Gasteiger partial charge >= 0.3 is 0 Å². The molecule has 0 aliphatic carbocycles. The van der Waals surface area contributed by atoms with Crippen LogP contribution in [0.2, 0.25) is 0 Å². The third-order valence-corrected chi connectivity index (χ3v) is 3.64. The minimum atomic E-state index is -0.312.